The number of aromatic nitrogens is 2. The first kappa shape index (κ1) is 11.3. The van der Waals surface area contributed by atoms with Gasteiger partial charge in [0, 0.05) is 25.4 Å². The van der Waals surface area contributed by atoms with Gasteiger partial charge in [0.05, 0.1) is 5.69 Å². The second-order valence-corrected chi connectivity index (χ2v) is 3.46. The Balaban J connectivity index is 2.74. The molecule has 0 atom stereocenters. The Morgan fingerprint density at radius 1 is 1.12 bits per heavy atom. The van der Waals surface area contributed by atoms with Gasteiger partial charge in [0.25, 0.3) is 5.56 Å². The highest BCUT2D eigenvalue weighted by molar-refractivity contribution is 5.33. The van der Waals surface area contributed by atoms with Crippen LogP contribution in [0.15, 0.2) is 40.1 Å². The van der Waals surface area contributed by atoms with Crippen molar-refractivity contribution in [2.75, 3.05) is 0 Å². The molecule has 2 rings (SSSR count). The molecule has 1 aromatic heterocycles. The van der Waals surface area contributed by atoms with Crippen LogP contribution < -0.4 is 11.2 Å². The molecule has 0 spiro atoms. The maximum atomic E-state index is 13.5. The van der Waals surface area contributed by atoms with Gasteiger partial charge in [-0.25, -0.2) is 13.6 Å². The fourth-order valence-electron chi connectivity index (χ4n) is 1.43. The zero-order chi connectivity index (χ0) is 12.6. The summed E-state index contributed by atoms with van der Waals surface area (Å²) in [6.07, 6.45) is 1.15. The van der Waals surface area contributed by atoms with E-state index in [-0.39, 0.29) is 5.69 Å². The molecule has 0 saturated carbocycles. The third-order valence-electron chi connectivity index (χ3n) is 2.36. The first-order valence-electron chi connectivity index (χ1n) is 4.75. The molecule has 88 valence electrons. The second-order valence-electron chi connectivity index (χ2n) is 3.46. The highest BCUT2D eigenvalue weighted by Crippen LogP contribution is 2.12. The van der Waals surface area contributed by atoms with Crippen LogP contribution >= 0.6 is 0 Å². The van der Waals surface area contributed by atoms with Crippen molar-refractivity contribution in [1.29, 1.82) is 0 Å². The van der Waals surface area contributed by atoms with Gasteiger partial charge in [0.1, 0.15) is 11.6 Å². The first-order valence-corrected chi connectivity index (χ1v) is 4.75. The van der Waals surface area contributed by atoms with Crippen molar-refractivity contribution in [2.45, 2.75) is 0 Å². The Hall–Kier alpha value is -2.24. The number of hydrogen-bond acceptors (Lipinski definition) is 2. The van der Waals surface area contributed by atoms with E-state index in [2.05, 4.69) is 0 Å². The van der Waals surface area contributed by atoms with Gasteiger partial charge in [-0.2, -0.15) is 0 Å². The fraction of sp³-hybridized carbons (Fsp3) is 0.0909. The van der Waals surface area contributed by atoms with Gasteiger partial charge in [-0.3, -0.25) is 13.9 Å². The van der Waals surface area contributed by atoms with Crippen molar-refractivity contribution < 1.29 is 8.78 Å². The molecule has 0 saturated heterocycles. The second kappa shape index (κ2) is 3.97. The predicted molar refractivity (Wildman–Crippen MR) is 57.2 cm³/mol. The van der Waals surface area contributed by atoms with E-state index in [4.69, 9.17) is 0 Å². The third kappa shape index (κ3) is 1.89. The van der Waals surface area contributed by atoms with Crippen LogP contribution in [-0.2, 0) is 7.05 Å². The molecular formula is C11H8F2N2O2. The molecule has 0 aliphatic rings. The molecule has 0 bridgehead atoms. The van der Waals surface area contributed by atoms with Crippen molar-refractivity contribution in [1.82, 2.24) is 9.13 Å². The number of nitrogens with zero attached hydrogens (tertiary/aromatic N) is 2. The molecule has 1 heterocycles. The minimum Gasteiger partial charge on any atom is -0.269 e. The minimum atomic E-state index is -0.870. The average Bonchev–Trinajstić information content (AvgIpc) is 2.28. The molecule has 0 radical (unpaired) electrons. The van der Waals surface area contributed by atoms with E-state index in [1.165, 1.54) is 7.05 Å². The summed E-state index contributed by atoms with van der Waals surface area (Å²) in [6, 6.07) is 3.98. The predicted octanol–water partition coefficient (Wildman–Crippen LogP) is 0.814. The largest absolute Gasteiger partial charge is 0.335 e. The van der Waals surface area contributed by atoms with Crippen molar-refractivity contribution >= 4 is 0 Å². The summed E-state index contributed by atoms with van der Waals surface area (Å²) in [4.78, 5) is 22.9. The molecular weight excluding hydrogens is 230 g/mol. The molecule has 0 N–H and O–H groups in total. The number of hydrogen-bond donors (Lipinski definition) is 0. The van der Waals surface area contributed by atoms with E-state index in [1.807, 2.05) is 0 Å². The molecule has 1 aromatic carbocycles. The Labute approximate surface area is 94.4 Å². The van der Waals surface area contributed by atoms with Crippen molar-refractivity contribution in [3.63, 3.8) is 0 Å². The molecule has 0 fully saturated rings. The molecule has 2 aromatic rings. The van der Waals surface area contributed by atoms with Crippen LogP contribution in [0.4, 0.5) is 8.78 Å². The Bertz CT molecular complexity index is 689. The minimum absolute atomic E-state index is 0.105. The van der Waals surface area contributed by atoms with E-state index in [9.17, 15) is 18.4 Å². The topological polar surface area (TPSA) is 44.0 Å². The smallest absolute Gasteiger partial charge is 0.269 e. The van der Waals surface area contributed by atoms with E-state index >= 15 is 0 Å². The number of rotatable bonds is 1. The Kier molecular flexibility index (Phi) is 2.63. The average molecular weight is 238 g/mol. The molecule has 17 heavy (non-hydrogen) atoms. The molecule has 0 aliphatic carbocycles. The van der Waals surface area contributed by atoms with Crippen molar-refractivity contribution in [3.05, 3.63) is 62.9 Å². The quantitative estimate of drug-likeness (QED) is 0.738. The zero-order valence-corrected chi connectivity index (χ0v) is 8.85. The van der Waals surface area contributed by atoms with Gasteiger partial charge < -0.3 is 0 Å². The lowest BCUT2D eigenvalue weighted by Crippen LogP contribution is -2.36. The van der Waals surface area contributed by atoms with Gasteiger partial charge in [-0.15, -0.1) is 0 Å². The fourth-order valence-corrected chi connectivity index (χ4v) is 1.43. The standard InChI is InChI=1S/C11H8F2N2O2/c1-14-10(16)4-5-15(11(14)17)9-3-2-7(12)6-8(9)13/h2-6H,1H3. The van der Waals surface area contributed by atoms with Crippen LogP contribution in [0, 0.1) is 11.6 Å². The van der Waals surface area contributed by atoms with Gasteiger partial charge >= 0.3 is 5.69 Å². The van der Waals surface area contributed by atoms with Crippen LogP contribution in [0.25, 0.3) is 5.69 Å². The lowest BCUT2D eigenvalue weighted by molar-refractivity contribution is 0.573. The molecule has 0 unspecified atom stereocenters. The van der Waals surface area contributed by atoms with Crippen molar-refractivity contribution in [3.8, 4) is 5.69 Å². The van der Waals surface area contributed by atoms with Gasteiger partial charge in [-0.1, -0.05) is 0 Å². The maximum Gasteiger partial charge on any atom is 0.335 e. The van der Waals surface area contributed by atoms with Crippen LogP contribution in [-0.4, -0.2) is 9.13 Å². The number of halogens is 2. The molecule has 6 heteroatoms. The van der Waals surface area contributed by atoms with E-state index in [0.29, 0.717) is 6.07 Å². The highest BCUT2D eigenvalue weighted by atomic mass is 19.1. The molecule has 0 amide bonds. The Morgan fingerprint density at radius 3 is 2.47 bits per heavy atom. The molecule has 0 aliphatic heterocycles. The Morgan fingerprint density at radius 2 is 1.82 bits per heavy atom. The van der Waals surface area contributed by atoms with E-state index < -0.39 is 22.9 Å². The summed E-state index contributed by atoms with van der Waals surface area (Å²) in [5.41, 5.74) is -1.29. The monoisotopic (exact) mass is 238 g/mol. The zero-order valence-electron chi connectivity index (χ0n) is 8.85. The van der Waals surface area contributed by atoms with Crippen LogP contribution in [0.5, 0.6) is 0 Å². The molecule has 4 nitrogen and oxygen atoms in total. The van der Waals surface area contributed by atoms with E-state index in [1.54, 1.807) is 0 Å². The summed E-state index contributed by atoms with van der Waals surface area (Å²) >= 11 is 0. The number of benzene rings is 1. The van der Waals surface area contributed by atoms with Crippen LogP contribution in [0.3, 0.4) is 0 Å². The van der Waals surface area contributed by atoms with Crippen LogP contribution in [0.2, 0.25) is 0 Å². The van der Waals surface area contributed by atoms with Crippen LogP contribution in [0.1, 0.15) is 0 Å². The van der Waals surface area contributed by atoms with Gasteiger partial charge in [0.2, 0.25) is 0 Å². The van der Waals surface area contributed by atoms with Crippen molar-refractivity contribution in [2.24, 2.45) is 7.05 Å². The van der Waals surface area contributed by atoms with Gasteiger partial charge in [0.15, 0.2) is 0 Å². The lowest BCUT2D eigenvalue weighted by Gasteiger charge is -2.07. The van der Waals surface area contributed by atoms with E-state index in [0.717, 1.165) is 33.5 Å². The third-order valence-corrected chi connectivity index (χ3v) is 2.36. The van der Waals surface area contributed by atoms with Gasteiger partial charge in [-0.05, 0) is 12.1 Å². The summed E-state index contributed by atoms with van der Waals surface area (Å²) in [6.45, 7) is 0. The maximum absolute atomic E-state index is 13.5. The lowest BCUT2D eigenvalue weighted by atomic mass is 10.3. The summed E-state index contributed by atoms with van der Waals surface area (Å²) in [7, 11) is 1.28. The summed E-state index contributed by atoms with van der Waals surface area (Å²) < 4.78 is 28.0. The summed E-state index contributed by atoms with van der Waals surface area (Å²) in [5.74, 6) is -1.60. The SMILES string of the molecule is Cn1c(=O)ccn(-c2ccc(F)cc2F)c1=O. The normalized spacial score (nSPS) is 10.5. The highest BCUT2D eigenvalue weighted by Gasteiger charge is 2.09. The first-order chi connectivity index (χ1) is 8.00. The summed E-state index contributed by atoms with van der Waals surface area (Å²) in [5, 5.41) is 0.